The number of halogens is 1. The fourth-order valence-electron chi connectivity index (χ4n) is 1.54. The van der Waals surface area contributed by atoms with Crippen LogP contribution in [0.5, 0.6) is 11.5 Å². The van der Waals surface area contributed by atoms with Gasteiger partial charge in [-0.15, -0.1) is 0 Å². The summed E-state index contributed by atoms with van der Waals surface area (Å²) in [5.41, 5.74) is 1.93. The monoisotopic (exact) mass is 296 g/mol. The van der Waals surface area contributed by atoms with Gasteiger partial charge in [-0.3, -0.25) is 0 Å². The van der Waals surface area contributed by atoms with Crippen LogP contribution in [0.3, 0.4) is 0 Å². The predicted octanol–water partition coefficient (Wildman–Crippen LogP) is 2.78. The molecule has 0 fully saturated rings. The molecule has 0 aliphatic rings. The summed E-state index contributed by atoms with van der Waals surface area (Å²) in [5.74, 6) is 1.41. The highest BCUT2D eigenvalue weighted by molar-refractivity contribution is 9.08. The minimum Gasteiger partial charge on any atom is -0.493 e. The summed E-state index contributed by atoms with van der Waals surface area (Å²) in [4.78, 5) is 0. The second-order valence-electron chi connectivity index (χ2n) is 3.42. The van der Waals surface area contributed by atoms with E-state index < -0.39 is 0 Å². The van der Waals surface area contributed by atoms with Crippen molar-refractivity contribution in [1.82, 2.24) is 9.78 Å². The van der Waals surface area contributed by atoms with E-state index in [9.17, 15) is 0 Å². The molecular formula is C12H13BrN2O2. The van der Waals surface area contributed by atoms with Gasteiger partial charge in [0.1, 0.15) is 0 Å². The Morgan fingerprint density at radius 3 is 2.53 bits per heavy atom. The highest BCUT2D eigenvalue weighted by Crippen LogP contribution is 2.28. The maximum absolute atomic E-state index is 5.26. The molecule has 4 nitrogen and oxygen atoms in total. The topological polar surface area (TPSA) is 36.3 Å². The highest BCUT2D eigenvalue weighted by atomic mass is 79.9. The minimum absolute atomic E-state index is 0.695. The average Bonchev–Trinajstić information content (AvgIpc) is 2.86. The van der Waals surface area contributed by atoms with Crippen molar-refractivity contribution in [1.29, 1.82) is 0 Å². The van der Waals surface area contributed by atoms with Crippen LogP contribution in [0.4, 0.5) is 0 Å². The largest absolute Gasteiger partial charge is 0.493 e. The number of hydrogen-bond acceptors (Lipinski definition) is 3. The van der Waals surface area contributed by atoms with Gasteiger partial charge in [-0.25, -0.2) is 4.68 Å². The molecule has 0 unspecified atom stereocenters. The number of nitrogens with zero attached hydrogens (tertiary/aromatic N) is 2. The normalized spacial score (nSPS) is 10.3. The van der Waals surface area contributed by atoms with Crippen molar-refractivity contribution in [3.8, 4) is 17.2 Å². The zero-order valence-corrected chi connectivity index (χ0v) is 11.3. The molecule has 0 saturated heterocycles. The second-order valence-corrected chi connectivity index (χ2v) is 3.99. The fourth-order valence-corrected chi connectivity index (χ4v) is 1.84. The van der Waals surface area contributed by atoms with Crippen molar-refractivity contribution in [3.63, 3.8) is 0 Å². The first-order valence-electron chi connectivity index (χ1n) is 5.11. The smallest absolute Gasteiger partial charge is 0.162 e. The number of aromatic nitrogens is 2. The number of rotatable bonds is 4. The third-order valence-corrected chi connectivity index (χ3v) is 2.99. The Bertz CT molecular complexity index is 511. The number of alkyl halides is 1. The van der Waals surface area contributed by atoms with Crippen LogP contribution in [0.2, 0.25) is 0 Å². The van der Waals surface area contributed by atoms with E-state index in [2.05, 4.69) is 21.0 Å². The second kappa shape index (κ2) is 5.23. The van der Waals surface area contributed by atoms with E-state index in [-0.39, 0.29) is 0 Å². The maximum atomic E-state index is 5.26. The predicted molar refractivity (Wildman–Crippen MR) is 69.3 cm³/mol. The van der Waals surface area contributed by atoms with Crippen molar-refractivity contribution >= 4 is 15.9 Å². The first-order chi connectivity index (χ1) is 8.28. The van der Waals surface area contributed by atoms with E-state index in [1.807, 2.05) is 30.5 Å². The molecule has 0 saturated carbocycles. The van der Waals surface area contributed by atoms with Gasteiger partial charge >= 0.3 is 0 Å². The first-order valence-corrected chi connectivity index (χ1v) is 6.23. The first kappa shape index (κ1) is 12.0. The Kier molecular flexibility index (Phi) is 3.68. The van der Waals surface area contributed by atoms with Crippen LogP contribution in [0, 0.1) is 0 Å². The van der Waals surface area contributed by atoms with Gasteiger partial charge in [-0.05, 0) is 18.2 Å². The van der Waals surface area contributed by atoms with E-state index in [1.54, 1.807) is 18.9 Å². The minimum atomic E-state index is 0.695. The summed E-state index contributed by atoms with van der Waals surface area (Å²) >= 11 is 3.37. The molecule has 1 aromatic carbocycles. The molecule has 90 valence electrons. The quantitative estimate of drug-likeness (QED) is 0.814. The molecule has 0 amide bonds. The molecule has 1 heterocycles. The van der Waals surface area contributed by atoms with E-state index >= 15 is 0 Å². The van der Waals surface area contributed by atoms with Gasteiger partial charge in [0.15, 0.2) is 11.5 Å². The molecule has 0 atom stereocenters. The van der Waals surface area contributed by atoms with Crippen molar-refractivity contribution in [3.05, 3.63) is 36.2 Å². The van der Waals surface area contributed by atoms with E-state index in [0.29, 0.717) is 11.5 Å². The molecule has 0 bridgehead atoms. The van der Waals surface area contributed by atoms with Crippen LogP contribution >= 0.6 is 15.9 Å². The molecule has 5 heteroatoms. The lowest BCUT2D eigenvalue weighted by Crippen LogP contribution is -1.97. The zero-order chi connectivity index (χ0) is 12.3. The highest BCUT2D eigenvalue weighted by Gasteiger charge is 2.06. The van der Waals surface area contributed by atoms with Gasteiger partial charge < -0.3 is 9.47 Å². The van der Waals surface area contributed by atoms with Crippen molar-refractivity contribution in [2.45, 2.75) is 5.33 Å². The molecule has 2 aromatic rings. The third kappa shape index (κ3) is 2.44. The van der Waals surface area contributed by atoms with Crippen molar-refractivity contribution in [2.75, 3.05) is 14.2 Å². The SMILES string of the molecule is COc1ccc(-n2ccc(CBr)n2)cc1OC. The van der Waals surface area contributed by atoms with Gasteiger partial charge in [0.05, 0.1) is 25.6 Å². The van der Waals surface area contributed by atoms with Gasteiger partial charge in [-0.2, -0.15) is 5.10 Å². The molecule has 17 heavy (non-hydrogen) atoms. The fraction of sp³-hybridized carbons (Fsp3) is 0.250. The van der Waals surface area contributed by atoms with Crippen LogP contribution in [0.1, 0.15) is 5.69 Å². The molecule has 2 rings (SSSR count). The van der Waals surface area contributed by atoms with Crippen LogP contribution < -0.4 is 9.47 Å². The van der Waals surface area contributed by atoms with Gasteiger partial charge in [-0.1, -0.05) is 15.9 Å². The van der Waals surface area contributed by atoms with Crippen LogP contribution in [-0.2, 0) is 5.33 Å². The summed E-state index contributed by atoms with van der Waals surface area (Å²) < 4.78 is 12.3. The lowest BCUT2D eigenvalue weighted by Gasteiger charge is -2.09. The van der Waals surface area contributed by atoms with E-state index in [0.717, 1.165) is 16.7 Å². The lowest BCUT2D eigenvalue weighted by atomic mass is 10.3. The Balaban J connectivity index is 2.38. The zero-order valence-electron chi connectivity index (χ0n) is 9.68. The van der Waals surface area contributed by atoms with Gasteiger partial charge in [0.25, 0.3) is 0 Å². The van der Waals surface area contributed by atoms with Crippen LogP contribution in [-0.4, -0.2) is 24.0 Å². The Labute approximate surface area is 108 Å². The summed E-state index contributed by atoms with van der Waals surface area (Å²) in [6, 6.07) is 7.66. The van der Waals surface area contributed by atoms with E-state index in [4.69, 9.17) is 9.47 Å². The van der Waals surface area contributed by atoms with Crippen molar-refractivity contribution in [2.24, 2.45) is 0 Å². The molecule has 0 spiro atoms. The number of hydrogen-bond donors (Lipinski definition) is 0. The summed E-state index contributed by atoms with van der Waals surface area (Å²) in [6.45, 7) is 0. The van der Waals surface area contributed by atoms with Gasteiger partial charge in [0.2, 0.25) is 0 Å². The van der Waals surface area contributed by atoms with Crippen LogP contribution in [0.25, 0.3) is 5.69 Å². The molecule has 1 aromatic heterocycles. The Hall–Kier alpha value is -1.49. The number of ether oxygens (including phenoxy) is 2. The average molecular weight is 297 g/mol. The van der Waals surface area contributed by atoms with Crippen LogP contribution in [0.15, 0.2) is 30.5 Å². The molecule has 0 radical (unpaired) electrons. The number of benzene rings is 1. The van der Waals surface area contributed by atoms with Crippen molar-refractivity contribution < 1.29 is 9.47 Å². The summed E-state index contributed by atoms with van der Waals surface area (Å²) in [6.07, 6.45) is 1.91. The molecule has 0 N–H and O–H groups in total. The molecule has 0 aliphatic heterocycles. The Morgan fingerprint density at radius 1 is 1.18 bits per heavy atom. The standard InChI is InChI=1S/C12H13BrN2O2/c1-16-11-4-3-10(7-12(11)17-2)15-6-5-9(8-13)14-15/h3-7H,8H2,1-2H3. The maximum Gasteiger partial charge on any atom is 0.162 e. The van der Waals surface area contributed by atoms with Gasteiger partial charge in [0, 0.05) is 17.6 Å². The molecular weight excluding hydrogens is 284 g/mol. The third-order valence-electron chi connectivity index (χ3n) is 2.41. The lowest BCUT2D eigenvalue weighted by molar-refractivity contribution is 0.354. The summed E-state index contributed by atoms with van der Waals surface area (Å²) in [7, 11) is 3.24. The molecule has 0 aliphatic carbocycles. The summed E-state index contributed by atoms with van der Waals surface area (Å²) in [5, 5.41) is 5.15. The Morgan fingerprint density at radius 2 is 1.94 bits per heavy atom. The van der Waals surface area contributed by atoms with E-state index in [1.165, 1.54) is 0 Å². The number of methoxy groups -OCH3 is 2.